The molecule has 0 saturated heterocycles. The van der Waals surface area contributed by atoms with Gasteiger partial charge in [0.15, 0.2) is 0 Å². The molecule has 1 heterocycles. The fraction of sp³-hybridized carbons (Fsp3) is 0.286. The average molecular weight is 220 g/mol. The molecule has 2 nitrogen and oxygen atoms in total. The minimum absolute atomic E-state index is 0.316. The third kappa shape index (κ3) is 1.97. The van der Waals surface area contributed by atoms with Gasteiger partial charge in [-0.2, -0.15) is 12.6 Å². The summed E-state index contributed by atoms with van der Waals surface area (Å²) in [6.45, 7) is 0. The van der Waals surface area contributed by atoms with Crippen molar-refractivity contribution in [3.05, 3.63) is 15.8 Å². The Morgan fingerprint density at radius 1 is 1.75 bits per heavy atom. The van der Waals surface area contributed by atoms with Crippen molar-refractivity contribution in [3.63, 3.8) is 0 Å². The van der Waals surface area contributed by atoms with Gasteiger partial charge in [-0.25, -0.2) is 4.79 Å². The molecule has 0 unspecified atom stereocenters. The van der Waals surface area contributed by atoms with Crippen molar-refractivity contribution in [3.8, 4) is 0 Å². The van der Waals surface area contributed by atoms with E-state index in [2.05, 4.69) is 30.0 Å². The molecule has 0 bridgehead atoms. The van der Waals surface area contributed by atoms with Crippen molar-refractivity contribution < 1.29 is 9.53 Å². The predicted molar refractivity (Wildman–Crippen MR) is 55.6 cm³/mol. The van der Waals surface area contributed by atoms with Crippen molar-refractivity contribution in [1.82, 2.24) is 0 Å². The lowest BCUT2D eigenvalue weighted by Crippen LogP contribution is -1.96. The Bertz CT molecular complexity index is 293. The number of ether oxygens (including phenoxy) is 1. The average Bonchev–Trinajstić information content (AvgIpc) is 2.45. The molecular weight excluding hydrogens is 212 g/mol. The van der Waals surface area contributed by atoms with Crippen LogP contribution in [0.25, 0.3) is 0 Å². The molecule has 1 aromatic heterocycles. The molecule has 12 heavy (non-hydrogen) atoms. The summed E-state index contributed by atoms with van der Waals surface area (Å²) < 4.78 is 4.56. The zero-order valence-electron chi connectivity index (χ0n) is 6.40. The highest BCUT2D eigenvalue weighted by molar-refractivity contribution is 7.81. The van der Waals surface area contributed by atoms with Gasteiger partial charge in [0.25, 0.3) is 0 Å². The number of thiophene rings is 1. The van der Waals surface area contributed by atoms with E-state index in [0.717, 1.165) is 9.77 Å². The first-order chi connectivity index (χ1) is 5.69. The topological polar surface area (TPSA) is 26.3 Å². The smallest absolute Gasteiger partial charge is 0.348 e. The summed E-state index contributed by atoms with van der Waals surface area (Å²) in [6.07, 6.45) is 0. The predicted octanol–water partition coefficient (Wildman–Crippen LogP) is 2.25. The molecule has 0 aromatic carbocycles. The molecule has 0 atom stereocenters. The van der Waals surface area contributed by atoms with Crippen LogP contribution in [0.15, 0.2) is 11.0 Å². The van der Waals surface area contributed by atoms with Crippen molar-refractivity contribution in [2.24, 2.45) is 0 Å². The summed E-state index contributed by atoms with van der Waals surface area (Å²) in [4.78, 5) is 13.4. The summed E-state index contributed by atoms with van der Waals surface area (Å²) >= 11 is 9.65. The Labute approximate surface area is 85.8 Å². The molecule has 0 radical (unpaired) electrons. The number of carbonyl (C=O) groups is 1. The van der Waals surface area contributed by atoms with E-state index in [9.17, 15) is 4.79 Å². The van der Waals surface area contributed by atoms with Crippen LogP contribution in [0, 0.1) is 0 Å². The van der Waals surface area contributed by atoms with E-state index in [4.69, 9.17) is 0 Å². The highest BCUT2D eigenvalue weighted by Gasteiger charge is 2.11. The monoisotopic (exact) mass is 220 g/mol. The fourth-order valence-electron chi connectivity index (χ4n) is 0.734. The third-order valence-corrected chi connectivity index (χ3v) is 3.51. The Kier molecular flexibility index (Phi) is 3.49. The third-order valence-electron chi connectivity index (χ3n) is 1.32. The Hall–Kier alpha value is -0.130. The largest absolute Gasteiger partial charge is 0.465 e. The van der Waals surface area contributed by atoms with E-state index in [1.165, 1.54) is 18.4 Å². The first-order valence-electron chi connectivity index (χ1n) is 3.20. The molecule has 0 aliphatic rings. The number of rotatable bonds is 2. The van der Waals surface area contributed by atoms with Gasteiger partial charge >= 0.3 is 5.97 Å². The Morgan fingerprint density at radius 2 is 2.42 bits per heavy atom. The molecule has 0 amide bonds. The van der Waals surface area contributed by atoms with E-state index in [1.54, 1.807) is 6.07 Å². The van der Waals surface area contributed by atoms with E-state index in [1.807, 2.05) is 0 Å². The van der Waals surface area contributed by atoms with Crippen LogP contribution < -0.4 is 0 Å². The molecule has 1 aromatic rings. The van der Waals surface area contributed by atoms with Gasteiger partial charge in [0.1, 0.15) is 4.88 Å². The highest BCUT2D eigenvalue weighted by Crippen LogP contribution is 2.27. The van der Waals surface area contributed by atoms with Crippen LogP contribution in [-0.4, -0.2) is 13.1 Å². The van der Waals surface area contributed by atoms with Gasteiger partial charge in [0.05, 0.1) is 7.11 Å². The van der Waals surface area contributed by atoms with E-state index in [-0.39, 0.29) is 5.97 Å². The van der Waals surface area contributed by atoms with Gasteiger partial charge in [-0.15, -0.1) is 24.0 Å². The van der Waals surface area contributed by atoms with E-state index >= 15 is 0 Å². The van der Waals surface area contributed by atoms with Gasteiger partial charge in [-0.05, 0) is 6.07 Å². The zero-order chi connectivity index (χ0) is 9.14. The van der Waals surface area contributed by atoms with Crippen LogP contribution >= 0.6 is 36.6 Å². The zero-order valence-corrected chi connectivity index (χ0v) is 9.01. The molecule has 0 fully saturated rings. The van der Waals surface area contributed by atoms with Gasteiger partial charge < -0.3 is 4.74 Å². The Morgan fingerprint density at radius 3 is 2.83 bits per heavy atom. The molecule has 0 saturated carbocycles. The fourth-order valence-corrected chi connectivity index (χ4v) is 2.49. The summed E-state index contributed by atoms with van der Waals surface area (Å²) in [5.41, 5.74) is 0. The number of hydrogen-bond acceptors (Lipinski definition) is 5. The van der Waals surface area contributed by atoms with Gasteiger partial charge in [0, 0.05) is 15.5 Å². The molecule has 66 valence electrons. The van der Waals surface area contributed by atoms with Crippen LogP contribution in [0.3, 0.4) is 0 Å². The molecule has 0 N–H and O–H groups in total. The summed E-state index contributed by atoms with van der Waals surface area (Å²) in [5.74, 6) is 0.281. The molecule has 5 heteroatoms. The van der Waals surface area contributed by atoms with Crippen LogP contribution in [0.1, 0.15) is 14.5 Å². The Balaban J connectivity index is 2.96. The summed E-state index contributed by atoms with van der Waals surface area (Å²) in [7, 11) is 1.36. The molecule has 0 aliphatic carbocycles. The van der Waals surface area contributed by atoms with Crippen molar-refractivity contribution >= 4 is 42.6 Å². The van der Waals surface area contributed by atoms with Crippen LogP contribution in [0.4, 0.5) is 0 Å². The maximum atomic E-state index is 11.0. The summed E-state index contributed by atoms with van der Waals surface area (Å²) in [5, 5.41) is 0. The number of carbonyl (C=O) groups excluding carboxylic acids is 1. The van der Waals surface area contributed by atoms with Crippen molar-refractivity contribution in [2.45, 2.75) is 10.6 Å². The maximum Gasteiger partial charge on any atom is 0.348 e. The second kappa shape index (κ2) is 4.20. The van der Waals surface area contributed by atoms with E-state index in [0.29, 0.717) is 10.6 Å². The highest BCUT2D eigenvalue weighted by atomic mass is 32.1. The first-order valence-corrected chi connectivity index (χ1v) is 5.09. The molecular formula is C7H8O2S3. The molecule has 0 spiro atoms. The lowest BCUT2D eigenvalue weighted by molar-refractivity contribution is 0.0606. The number of thiol groups is 2. The number of methoxy groups -OCH3 is 1. The number of hydrogen-bond donors (Lipinski definition) is 2. The lowest BCUT2D eigenvalue weighted by Gasteiger charge is -1.91. The van der Waals surface area contributed by atoms with Gasteiger partial charge in [-0.1, -0.05) is 0 Å². The van der Waals surface area contributed by atoms with Crippen molar-refractivity contribution in [1.29, 1.82) is 0 Å². The van der Waals surface area contributed by atoms with Gasteiger partial charge in [0.2, 0.25) is 0 Å². The van der Waals surface area contributed by atoms with Crippen LogP contribution in [0.5, 0.6) is 0 Å². The SMILES string of the molecule is COC(=O)c1cc(S)c(CS)s1. The maximum absolute atomic E-state index is 11.0. The molecule has 1 rings (SSSR count). The minimum Gasteiger partial charge on any atom is -0.465 e. The van der Waals surface area contributed by atoms with Crippen LogP contribution in [-0.2, 0) is 10.5 Å². The number of esters is 1. The van der Waals surface area contributed by atoms with E-state index < -0.39 is 0 Å². The molecule has 0 aliphatic heterocycles. The first kappa shape index (κ1) is 9.95. The lowest BCUT2D eigenvalue weighted by atomic mass is 10.4. The normalized spacial score (nSPS) is 9.92. The summed E-state index contributed by atoms with van der Waals surface area (Å²) in [6, 6.07) is 1.70. The quantitative estimate of drug-likeness (QED) is 0.590. The van der Waals surface area contributed by atoms with Crippen LogP contribution in [0.2, 0.25) is 0 Å². The van der Waals surface area contributed by atoms with Crippen molar-refractivity contribution in [2.75, 3.05) is 7.11 Å². The minimum atomic E-state index is -0.316. The second-order valence-electron chi connectivity index (χ2n) is 2.07. The second-order valence-corrected chi connectivity index (χ2v) is 4.00. The van der Waals surface area contributed by atoms with Gasteiger partial charge in [-0.3, -0.25) is 0 Å². The standard InChI is InChI=1S/C7H8O2S3/c1-9-7(8)5-2-4(11)6(3-10)12-5/h2,10-11H,3H2,1H3.